The first-order valence-corrected chi connectivity index (χ1v) is 19.7. The zero-order valence-corrected chi connectivity index (χ0v) is 31.8. The molecule has 4 heterocycles. The Morgan fingerprint density at radius 2 is 1.78 bits per heavy atom. The number of ether oxygens (including phenoxy) is 7. The van der Waals surface area contributed by atoms with Gasteiger partial charge in [0.25, 0.3) is 10.0 Å². The van der Waals surface area contributed by atoms with Gasteiger partial charge in [-0.05, 0) is 86.1 Å². The first kappa shape index (κ1) is 39.2. The Kier molecular flexibility index (Phi) is 11.0. The normalized spacial score (nSPS) is 23.5. The Labute approximate surface area is 318 Å². The summed E-state index contributed by atoms with van der Waals surface area (Å²) < 4.78 is 111. The molecular formula is C39H45F3N2O10S. The molecule has 0 radical (unpaired) electrons. The van der Waals surface area contributed by atoms with Gasteiger partial charge in [-0.1, -0.05) is 38.1 Å². The van der Waals surface area contributed by atoms with Crippen molar-refractivity contribution in [3.05, 3.63) is 82.9 Å². The van der Waals surface area contributed by atoms with Crippen LogP contribution in [0, 0.1) is 11.8 Å². The number of carbonyl (C=O) groups excluding carboxylic acids is 1. The molecule has 7 rings (SSSR count). The largest absolute Gasteiger partial charge is 0.489 e. The molecule has 3 saturated heterocycles. The maximum Gasteiger partial charge on any atom is 0.424 e. The molecule has 12 nitrogen and oxygen atoms in total. The summed E-state index contributed by atoms with van der Waals surface area (Å²) >= 11 is 0. The average molecular weight is 791 g/mol. The molecule has 3 fully saturated rings. The SMILES string of the molecule is CC(C)Cc1cc(S(=O)(=O)N(C(=O)O[C@H]2CO[C@H]3OCC[C@H]32)C(Cc2ccc(OCc3cccc(C(F)(F)F)c3)cc2)[C@H]2COC(C)(C)N2)cc2c1OCO2. The standard InChI is InChI=1S/C39H45F3N2O10S/c1-23(2)14-26-17-29(18-33-35(26)52-22-51-33)55(46,47)44(37(45)54-34-21-50-36-30(34)12-13-48-36)32(31-20-53-38(3,4)43-31)16-24-8-10-28(11-9-24)49-19-25-6-5-7-27(15-25)39(40,41)42/h5-11,15,17-18,23,30-32,34,36,43H,12-14,16,19-22H2,1-4H3/t30-,31+,32?,34-,36+/m0/s1. The molecule has 0 saturated carbocycles. The molecule has 3 aromatic carbocycles. The summed E-state index contributed by atoms with van der Waals surface area (Å²) in [7, 11) is -4.65. The molecule has 1 unspecified atom stereocenters. The van der Waals surface area contributed by atoms with Crippen molar-refractivity contribution in [1.29, 1.82) is 0 Å². The number of rotatable bonds is 12. The fourth-order valence-corrected chi connectivity index (χ4v) is 9.03. The second-order valence-corrected chi connectivity index (χ2v) is 17.0. The lowest BCUT2D eigenvalue weighted by Gasteiger charge is -2.35. The van der Waals surface area contributed by atoms with Crippen molar-refractivity contribution in [3.63, 3.8) is 0 Å². The number of fused-ring (bicyclic) bond motifs is 2. The number of carbonyl (C=O) groups is 1. The summed E-state index contributed by atoms with van der Waals surface area (Å²) in [6.45, 7) is 8.03. The second kappa shape index (κ2) is 15.4. The van der Waals surface area contributed by atoms with E-state index in [1.165, 1.54) is 18.2 Å². The molecule has 5 atom stereocenters. The molecule has 1 N–H and O–H groups in total. The summed E-state index contributed by atoms with van der Waals surface area (Å²) in [5.41, 5.74) is 0.0227. The number of halogens is 3. The minimum Gasteiger partial charge on any atom is -0.489 e. The van der Waals surface area contributed by atoms with Crippen LogP contribution in [0.15, 0.2) is 65.6 Å². The summed E-state index contributed by atoms with van der Waals surface area (Å²) in [6, 6.07) is 12.8. The van der Waals surface area contributed by atoms with Crippen LogP contribution in [0.5, 0.6) is 17.2 Å². The van der Waals surface area contributed by atoms with Gasteiger partial charge < -0.3 is 33.2 Å². The average Bonchev–Trinajstić information content (AvgIpc) is 3.93. The fraction of sp³-hybridized carbons (Fsp3) is 0.513. The van der Waals surface area contributed by atoms with E-state index < -0.39 is 58.1 Å². The molecule has 4 aliphatic heterocycles. The Balaban J connectivity index is 1.21. The molecule has 0 bridgehead atoms. The number of benzene rings is 3. The van der Waals surface area contributed by atoms with Gasteiger partial charge in [0.1, 0.15) is 24.2 Å². The van der Waals surface area contributed by atoms with Crippen LogP contribution < -0.4 is 19.5 Å². The molecule has 4 aliphatic rings. The van der Waals surface area contributed by atoms with E-state index in [1.807, 2.05) is 27.7 Å². The van der Waals surface area contributed by atoms with Gasteiger partial charge in [0.2, 0.25) is 6.79 Å². The topological polar surface area (TPSA) is 131 Å². The van der Waals surface area contributed by atoms with Crippen molar-refractivity contribution < 1.29 is 59.5 Å². The van der Waals surface area contributed by atoms with E-state index in [2.05, 4.69) is 5.32 Å². The highest BCUT2D eigenvalue weighted by Crippen LogP contribution is 2.41. The zero-order valence-electron chi connectivity index (χ0n) is 31.0. The van der Waals surface area contributed by atoms with Crippen molar-refractivity contribution in [3.8, 4) is 17.2 Å². The Hall–Kier alpha value is -4.09. The van der Waals surface area contributed by atoms with Gasteiger partial charge in [0, 0.05) is 6.07 Å². The second-order valence-electron chi connectivity index (χ2n) is 15.1. The summed E-state index contributed by atoms with van der Waals surface area (Å²) in [4.78, 5) is 14.4. The van der Waals surface area contributed by atoms with Crippen molar-refractivity contribution in [2.75, 3.05) is 26.6 Å². The highest BCUT2D eigenvalue weighted by Gasteiger charge is 2.49. The van der Waals surface area contributed by atoms with E-state index in [-0.39, 0.29) is 55.5 Å². The summed E-state index contributed by atoms with van der Waals surface area (Å²) in [6.07, 6.45) is -5.68. The van der Waals surface area contributed by atoms with Gasteiger partial charge in [-0.25, -0.2) is 13.2 Å². The minimum atomic E-state index is -4.65. The molecule has 0 spiro atoms. The number of hydrogen-bond acceptors (Lipinski definition) is 11. The quantitative estimate of drug-likeness (QED) is 0.218. The van der Waals surface area contributed by atoms with Crippen LogP contribution in [0.25, 0.3) is 0 Å². The lowest BCUT2D eigenvalue weighted by molar-refractivity contribution is -0.137. The zero-order chi connectivity index (χ0) is 39.1. The number of sulfonamides is 1. The minimum absolute atomic E-state index is 0.0408. The first-order valence-electron chi connectivity index (χ1n) is 18.3. The Morgan fingerprint density at radius 3 is 2.49 bits per heavy atom. The van der Waals surface area contributed by atoms with Gasteiger partial charge in [-0.3, -0.25) is 5.32 Å². The number of nitrogens with one attached hydrogen (secondary N) is 1. The highest BCUT2D eigenvalue weighted by molar-refractivity contribution is 7.89. The Morgan fingerprint density at radius 1 is 1.00 bits per heavy atom. The third-order valence-electron chi connectivity index (χ3n) is 10.1. The fourth-order valence-electron chi connectivity index (χ4n) is 7.44. The number of hydrogen-bond donors (Lipinski definition) is 1. The molecule has 55 heavy (non-hydrogen) atoms. The first-order chi connectivity index (χ1) is 26.1. The van der Waals surface area contributed by atoms with Crippen LogP contribution in [0.4, 0.5) is 18.0 Å². The van der Waals surface area contributed by atoms with Gasteiger partial charge in [-0.2, -0.15) is 17.5 Å². The Bertz CT molecular complexity index is 1970. The lowest BCUT2D eigenvalue weighted by Crippen LogP contribution is -2.57. The van der Waals surface area contributed by atoms with Gasteiger partial charge in [0.05, 0.1) is 48.3 Å². The van der Waals surface area contributed by atoms with Crippen molar-refractivity contribution in [2.45, 2.75) is 94.8 Å². The van der Waals surface area contributed by atoms with Crippen LogP contribution in [0.3, 0.4) is 0 Å². The monoisotopic (exact) mass is 790 g/mol. The molecule has 0 aliphatic carbocycles. The summed E-state index contributed by atoms with van der Waals surface area (Å²) in [5.74, 6) is 1.03. The molecular weight excluding hydrogens is 745 g/mol. The van der Waals surface area contributed by atoms with Crippen LogP contribution in [0.1, 0.15) is 56.4 Å². The predicted octanol–water partition coefficient (Wildman–Crippen LogP) is 6.44. The van der Waals surface area contributed by atoms with Crippen molar-refractivity contribution in [2.24, 2.45) is 11.8 Å². The smallest absolute Gasteiger partial charge is 0.424 e. The van der Waals surface area contributed by atoms with Crippen LogP contribution >= 0.6 is 0 Å². The van der Waals surface area contributed by atoms with Gasteiger partial charge in [0.15, 0.2) is 17.8 Å². The van der Waals surface area contributed by atoms with E-state index >= 15 is 8.42 Å². The molecule has 0 aromatic heterocycles. The van der Waals surface area contributed by atoms with Gasteiger partial charge in [-0.15, -0.1) is 0 Å². The van der Waals surface area contributed by atoms with E-state index in [0.29, 0.717) is 47.6 Å². The third kappa shape index (κ3) is 8.68. The molecule has 3 aromatic rings. The number of amides is 1. The van der Waals surface area contributed by atoms with Crippen LogP contribution in [-0.2, 0) is 54.6 Å². The maximum absolute atomic E-state index is 15.0. The molecule has 1 amide bonds. The molecule has 298 valence electrons. The lowest BCUT2D eigenvalue weighted by atomic mass is 9.99. The van der Waals surface area contributed by atoms with Gasteiger partial charge >= 0.3 is 12.3 Å². The van der Waals surface area contributed by atoms with E-state index in [1.54, 1.807) is 30.3 Å². The van der Waals surface area contributed by atoms with Crippen molar-refractivity contribution in [1.82, 2.24) is 9.62 Å². The summed E-state index contributed by atoms with van der Waals surface area (Å²) in [5, 5.41) is 3.35. The van der Waals surface area contributed by atoms with E-state index in [4.69, 9.17) is 33.2 Å². The predicted molar refractivity (Wildman–Crippen MR) is 191 cm³/mol. The van der Waals surface area contributed by atoms with E-state index in [0.717, 1.165) is 16.4 Å². The third-order valence-corrected chi connectivity index (χ3v) is 11.8. The van der Waals surface area contributed by atoms with Crippen molar-refractivity contribution >= 4 is 16.1 Å². The van der Waals surface area contributed by atoms with Crippen LogP contribution in [-0.4, -0.2) is 75.6 Å². The van der Waals surface area contributed by atoms with Crippen LogP contribution in [0.2, 0.25) is 0 Å². The van der Waals surface area contributed by atoms with E-state index in [9.17, 15) is 18.0 Å². The number of nitrogens with zero attached hydrogens (tertiary/aromatic N) is 1. The number of alkyl halides is 3. The molecule has 16 heteroatoms. The highest BCUT2D eigenvalue weighted by atomic mass is 32.2. The maximum atomic E-state index is 15.0.